The van der Waals surface area contributed by atoms with Crippen LogP contribution in [0.3, 0.4) is 0 Å². The minimum Gasteiger partial charge on any atom is -0.348 e. The summed E-state index contributed by atoms with van der Waals surface area (Å²) in [6.07, 6.45) is 2.51. The van der Waals surface area contributed by atoms with E-state index in [1.165, 1.54) is 12.8 Å². The number of amides is 1. The highest BCUT2D eigenvalue weighted by Crippen LogP contribution is 2.15. The van der Waals surface area contributed by atoms with Gasteiger partial charge in [-0.2, -0.15) is 0 Å². The van der Waals surface area contributed by atoms with Crippen LogP contribution in [0.2, 0.25) is 0 Å². The molecule has 1 unspecified atom stereocenters. The Bertz CT molecular complexity index is 218. The smallest absolute Gasteiger partial charge is 0.236 e. The van der Waals surface area contributed by atoms with Gasteiger partial charge in [-0.1, -0.05) is 6.92 Å². The van der Waals surface area contributed by atoms with E-state index in [0.29, 0.717) is 12.5 Å². The van der Waals surface area contributed by atoms with Gasteiger partial charge in [-0.15, -0.1) is 0 Å². The third kappa shape index (κ3) is 4.49. The molecule has 94 valence electrons. The summed E-state index contributed by atoms with van der Waals surface area (Å²) in [5.74, 6) is 0.924. The van der Waals surface area contributed by atoms with E-state index in [2.05, 4.69) is 17.1 Å². The van der Waals surface area contributed by atoms with Crippen LogP contribution in [0.1, 0.15) is 19.8 Å². The fourth-order valence-corrected chi connectivity index (χ4v) is 2.14. The van der Waals surface area contributed by atoms with Crippen LogP contribution < -0.4 is 5.32 Å². The Morgan fingerprint density at radius 1 is 1.50 bits per heavy atom. The summed E-state index contributed by atoms with van der Waals surface area (Å²) in [6, 6.07) is 0. The molecule has 1 amide bonds. The number of likely N-dealkylation sites (tertiary alicyclic amines) is 1. The van der Waals surface area contributed by atoms with Crippen molar-refractivity contribution in [2.45, 2.75) is 19.8 Å². The molecule has 0 aromatic rings. The van der Waals surface area contributed by atoms with Crippen molar-refractivity contribution < 1.29 is 4.79 Å². The zero-order chi connectivity index (χ0) is 12.0. The van der Waals surface area contributed by atoms with Gasteiger partial charge in [-0.3, -0.25) is 9.69 Å². The van der Waals surface area contributed by atoms with E-state index >= 15 is 0 Å². The van der Waals surface area contributed by atoms with E-state index in [4.69, 9.17) is 0 Å². The van der Waals surface area contributed by atoms with Crippen LogP contribution >= 0.6 is 0 Å². The van der Waals surface area contributed by atoms with Crippen LogP contribution in [-0.2, 0) is 4.79 Å². The summed E-state index contributed by atoms with van der Waals surface area (Å²) in [4.78, 5) is 15.6. The number of nitrogens with zero attached hydrogens (tertiary/aromatic N) is 2. The third-order valence-corrected chi connectivity index (χ3v) is 3.14. The van der Waals surface area contributed by atoms with Crippen molar-refractivity contribution in [3.05, 3.63) is 0 Å². The monoisotopic (exact) mass is 227 g/mol. The topological polar surface area (TPSA) is 35.6 Å². The number of piperidine rings is 1. The number of nitrogens with one attached hydrogen (secondary N) is 1. The van der Waals surface area contributed by atoms with E-state index in [9.17, 15) is 4.79 Å². The Kier molecular flexibility index (Phi) is 5.77. The van der Waals surface area contributed by atoms with Crippen molar-refractivity contribution in [3.63, 3.8) is 0 Å². The van der Waals surface area contributed by atoms with Crippen LogP contribution in [-0.4, -0.2) is 62.5 Å². The zero-order valence-corrected chi connectivity index (χ0v) is 10.8. The van der Waals surface area contributed by atoms with Crippen LogP contribution in [0.4, 0.5) is 0 Å². The molecule has 1 N–H and O–H groups in total. The predicted octanol–water partition coefficient (Wildman–Crippen LogP) is 0.396. The minimum atomic E-state index is 0.212. The molecule has 1 fully saturated rings. The molecule has 1 rings (SSSR count). The SMILES string of the molecule is CCNCC1CCCN(CC(=O)N(C)C)C1. The van der Waals surface area contributed by atoms with Crippen molar-refractivity contribution in [1.29, 1.82) is 0 Å². The van der Waals surface area contributed by atoms with Gasteiger partial charge in [0.25, 0.3) is 0 Å². The van der Waals surface area contributed by atoms with Gasteiger partial charge in [0.05, 0.1) is 6.54 Å². The lowest BCUT2D eigenvalue weighted by molar-refractivity contribution is -0.130. The number of hydrogen-bond donors (Lipinski definition) is 1. The maximum atomic E-state index is 11.6. The van der Waals surface area contributed by atoms with Gasteiger partial charge in [0.1, 0.15) is 0 Å². The molecule has 0 spiro atoms. The van der Waals surface area contributed by atoms with E-state index in [1.807, 2.05) is 14.1 Å². The van der Waals surface area contributed by atoms with E-state index in [-0.39, 0.29) is 5.91 Å². The van der Waals surface area contributed by atoms with Gasteiger partial charge in [0.15, 0.2) is 0 Å². The molecule has 1 aliphatic heterocycles. The van der Waals surface area contributed by atoms with Crippen LogP contribution in [0.25, 0.3) is 0 Å². The lowest BCUT2D eigenvalue weighted by atomic mass is 9.98. The summed E-state index contributed by atoms with van der Waals surface area (Å²) in [6.45, 7) is 6.97. The molecule has 0 radical (unpaired) electrons. The van der Waals surface area contributed by atoms with Gasteiger partial charge in [-0.25, -0.2) is 0 Å². The average molecular weight is 227 g/mol. The highest BCUT2D eigenvalue weighted by Gasteiger charge is 2.21. The van der Waals surface area contributed by atoms with Crippen molar-refractivity contribution in [3.8, 4) is 0 Å². The first-order valence-corrected chi connectivity index (χ1v) is 6.26. The summed E-state index contributed by atoms with van der Waals surface area (Å²) in [5, 5.41) is 3.39. The maximum Gasteiger partial charge on any atom is 0.236 e. The molecule has 4 heteroatoms. The highest BCUT2D eigenvalue weighted by molar-refractivity contribution is 5.77. The molecule has 0 aliphatic carbocycles. The Balaban J connectivity index is 2.30. The summed E-state index contributed by atoms with van der Waals surface area (Å²) < 4.78 is 0. The van der Waals surface area contributed by atoms with Gasteiger partial charge in [-0.05, 0) is 38.4 Å². The molecule has 1 heterocycles. The molecule has 16 heavy (non-hydrogen) atoms. The standard InChI is InChI=1S/C12H25N3O/c1-4-13-8-11-6-5-7-15(9-11)10-12(16)14(2)3/h11,13H,4-10H2,1-3H3. The number of hydrogen-bond acceptors (Lipinski definition) is 3. The Labute approximate surface area is 99.0 Å². The largest absolute Gasteiger partial charge is 0.348 e. The second kappa shape index (κ2) is 6.86. The summed E-state index contributed by atoms with van der Waals surface area (Å²) in [5.41, 5.74) is 0. The average Bonchev–Trinajstić information content (AvgIpc) is 2.26. The molecule has 0 aromatic heterocycles. The normalized spacial score (nSPS) is 22.1. The fraction of sp³-hybridized carbons (Fsp3) is 0.917. The van der Waals surface area contributed by atoms with Gasteiger partial charge in [0.2, 0.25) is 5.91 Å². The molecule has 4 nitrogen and oxygen atoms in total. The van der Waals surface area contributed by atoms with Crippen LogP contribution in [0, 0.1) is 5.92 Å². The Hall–Kier alpha value is -0.610. The quantitative estimate of drug-likeness (QED) is 0.738. The first kappa shape index (κ1) is 13.5. The molecule has 1 aliphatic rings. The molecule has 0 saturated carbocycles. The van der Waals surface area contributed by atoms with Crippen LogP contribution in [0.15, 0.2) is 0 Å². The fourth-order valence-electron chi connectivity index (χ4n) is 2.14. The Morgan fingerprint density at radius 2 is 2.25 bits per heavy atom. The second-order valence-corrected chi connectivity index (χ2v) is 4.84. The number of likely N-dealkylation sites (N-methyl/N-ethyl adjacent to an activating group) is 1. The highest BCUT2D eigenvalue weighted by atomic mass is 16.2. The van der Waals surface area contributed by atoms with E-state index in [1.54, 1.807) is 4.90 Å². The van der Waals surface area contributed by atoms with Gasteiger partial charge >= 0.3 is 0 Å². The second-order valence-electron chi connectivity index (χ2n) is 4.84. The third-order valence-electron chi connectivity index (χ3n) is 3.14. The lowest BCUT2D eigenvalue weighted by Gasteiger charge is -2.32. The van der Waals surface area contributed by atoms with Crippen molar-refractivity contribution in [1.82, 2.24) is 15.1 Å². The summed E-state index contributed by atoms with van der Waals surface area (Å²) in [7, 11) is 3.64. The predicted molar refractivity (Wildman–Crippen MR) is 66.4 cm³/mol. The van der Waals surface area contributed by atoms with Crippen molar-refractivity contribution in [2.24, 2.45) is 5.92 Å². The molecule has 0 aromatic carbocycles. The molecular formula is C12H25N3O. The van der Waals surface area contributed by atoms with Gasteiger partial charge < -0.3 is 10.2 Å². The molecule has 1 atom stereocenters. The van der Waals surface area contributed by atoms with Crippen molar-refractivity contribution in [2.75, 3.05) is 46.8 Å². The molecule has 1 saturated heterocycles. The maximum absolute atomic E-state index is 11.6. The number of carbonyl (C=O) groups is 1. The molecule has 0 bridgehead atoms. The van der Waals surface area contributed by atoms with Gasteiger partial charge in [0, 0.05) is 20.6 Å². The van der Waals surface area contributed by atoms with Crippen molar-refractivity contribution >= 4 is 5.91 Å². The van der Waals surface area contributed by atoms with E-state index in [0.717, 1.165) is 26.2 Å². The minimum absolute atomic E-state index is 0.212. The number of rotatable bonds is 5. The first-order valence-electron chi connectivity index (χ1n) is 6.26. The lowest BCUT2D eigenvalue weighted by Crippen LogP contribution is -2.44. The first-order chi connectivity index (χ1) is 7.63. The number of carbonyl (C=O) groups excluding carboxylic acids is 1. The molecular weight excluding hydrogens is 202 g/mol. The Morgan fingerprint density at radius 3 is 2.88 bits per heavy atom. The zero-order valence-electron chi connectivity index (χ0n) is 10.8. The summed E-state index contributed by atoms with van der Waals surface area (Å²) >= 11 is 0. The van der Waals surface area contributed by atoms with Crippen LogP contribution in [0.5, 0.6) is 0 Å². The van der Waals surface area contributed by atoms with E-state index < -0.39 is 0 Å².